The van der Waals surface area contributed by atoms with Crippen molar-refractivity contribution in [1.82, 2.24) is 19.8 Å². The van der Waals surface area contributed by atoms with E-state index in [2.05, 4.69) is 56.5 Å². The minimum absolute atomic E-state index is 0.000250. The predicted molar refractivity (Wildman–Crippen MR) is 148 cm³/mol. The number of alkyl halides is 3. The van der Waals surface area contributed by atoms with E-state index in [0.29, 0.717) is 51.2 Å². The van der Waals surface area contributed by atoms with Crippen LogP contribution < -0.4 is 15.5 Å². The Morgan fingerprint density at radius 2 is 1.93 bits per heavy atom. The highest BCUT2D eigenvalue weighted by molar-refractivity contribution is 5.76. The standard InChI is InChI=1S/C28H38F3N7O2/c1-3-19-15-20(38-17-21-5-6-22(18-38)36(21)2)7-8-24(19)34-27-33-16-23(28(29,30)31)26(35-27)32-10-4-11-37-12-14-40-13-9-25(37)39/h7-8,15-16,21-22H,3-6,9-14,17-18H2,1-2H3,(H2,32,33,34,35)/t21-,22+. The van der Waals surface area contributed by atoms with Crippen LogP contribution in [0.3, 0.4) is 0 Å². The second-order valence-electron chi connectivity index (χ2n) is 10.8. The van der Waals surface area contributed by atoms with E-state index in [-0.39, 0.29) is 24.2 Å². The van der Waals surface area contributed by atoms with Crippen LogP contribution in [0.4, 0.5) is 36.3 Å². The number of aryl methyl sites for hydroxylation is 1. The molecule has 2 atom stereocenters. The lowest BCUT2D eigenvalue weighted by Crippen LogP contribution is -2.52. The zero-order chi connectivity index (χ0) is 28.3. The molecule has 2 bridgehead atoms. The van der Waals surface area contributed by atoms with Gasteiger partial charge in [-0.3, -0.25) is 9.69 Å². The van der Waals surface area contributed by atoms with Crippen LogP contribution in [0.5, 0.6) is 0 Å². The van der Waals surface area contributed by atoms with E-state index < -0.39 is 11.7 Å². The van der Waals surface area contributed by atoms with Gasteiger partial charge in [-0.05, 0) is 56.5 Å². The van der Waals surface area contributed by atoms with Crippen LogP contribution in [0.2, 0.25) is 0 Å². The maximum Gasteiger partial charge on any atom is 0.421 e. The molecule has 0 spiro atoms. The molecule has 5 rings (SSSR count). The van der Waals surface area contributed by atoms with E-state index in [1.54, 1.807) is 4.90 Å². The minimum atomic E-state index is -4.60. The molecule has 3 saturated heterocycles. The fraction of sp³-hybridized carbons (Fsp3) is 0.607. The summed E-state index contributed by atoms with van der Waals surface area (Å²) in [7, 11) is 2.21. The first-order chi connectivity index (χ1) is 19.2. The number of halogens is 3. The van der Waals surface area contributed by atoms with E-state index >= 15 is 0 Å². The number of fused-ring (bicyclic) bond motifs is 2. The number of nitrogens with one attached hydrogen (secondary N) is 2. The van der Waals surface area contributed by atoms with Gasteiger partial charge in [0.15, 0.2) is 0 Å². The Morgan fingerprint density at radius 3 is 2.65 bits per heavy atom. The van der Waals surface area contributed by atoms with E-state index in [9.17, 15) is 18.0 Å². The molecule has 3 fully saturated rings. The van der Waals surface area contributed by atoms with Gasteiger partial charge in [-0.25, -0.2) is 4.98 Å². The third-order valence-corrected chi connectivity index (χ3v) is 8.24. The van der Waals surface area contributed by atoms with Crippen molar-refractivity contribution in [3.05, 3.63) is 35.5 Å². The van der Waals surface area contributed by atoms with Gasteiger partial charge in [0.1, 0.15) is 11.4 Å². The molecule has 3 aliphatic heterocycles. The summed E-state index contributed by atoms with van der Waals surface area (Å²) in [6.07, 6.45) is 0.220. The average molecular weight is 562 g/mol. The largest absolute Gasteiger partial charge is 0.421 e. The highest BCUT2D eigenvalue weighted by Gasteiger charge is 2.38. The van der Waals surface area contributed by atoms with Gasteiger partial charge < -0.3 is 25.2 Å². The third kappa shape index (κ3) is 6.43. The summed E-state index contributed by atoms with van der Waals surface area (Å²) in [6, 6.07) is 7.33. The van der Waals surface area contributed by atoms with E-state index in [0.717, 1.165) is 42.6 Å². The molecular formula is C28H38F3N7O2. The molecule has 40 heavy (non-hydrogen) atoms. The molecule has 0 aliphatic carbocycles. The Balaban J connectivity index is 1.26. The summed E-state index contributed by atoms with van der Waals surface area (Å²) in [5.74, 6) is -0.187. The van der Waals surface area contributed by atoms with Gasteiger partial charge in [0.25, 0.3) is 0 Å². The molecule has 3 aliphatic rings. The molecule has 0 saturated carbocycles. The van der Waals surface area contributed by atoms with Gasteiger partial charge in [0, 0.05) is 62.4 Å². The van der Waals surface area contributed by atoms with Crippen LogP contribution in [-0.4, -0.2) is 90.7 Å². The molecule has 9 nitrogen and oxygen atoms in total. The first-order valence-electron chi connectivity index (χ1n) is 14.1. The topological polar surface area (TPSA) is 85.9 Å². The number of nitrogens with zero attached hydrogens (tertiary/aromatic N) is 5. The first-order valence-corrected chi connectivity index (χ1v) is 14.1. The zero-order valence-electron chi connectivity index (χ0n) is 23.1. The maximum atomic E-state index is 13.7. The summed E-state index contributed by atoms with van der Waals surface area (Å²) in [6.45, 7) is 6.08. The molecule has 0 unspecified atom stereocenters. The fourth-order valence-corrected chi connectivity index (χ4v) is 5.85. The van der Waals surface area contributed by atoms with Crippen molar-refractivity contribution in [2.24, 2.45) is 0 Å². The quantitative estimate of drug-likeness (QED) is 0.442. The van der Waals surface area contributed by atoms with Crippen LogP contribution in [0.15, 0.2) is 24.4 Å². The van der Waals surface area contributed by atoms with Crippen molar-refractivity contribution >= 4 is 29.0 Å². The Morgan fingerprint density at radius 1 is 1.15 bits per heavy atom. The second kappa shape index (κ2) is 12.2. The van der Waals surface area contributed by atoms with Crippen molar-refractivity contribution in [2.45, 2.75) is 57.3 Å². The molecule has 218 valence electrons. The van der Waals surface area contributed by atoms with Crippen LogP contribution in [-0.2, 0) is 22.1 Å². The number of carbonyl (C=O) groups excluding carboxylic acids is 1. The number of amides is 1. The molecule has 1 aromatic heterocycles. The molecular weight excluding hydrogens is 523 g/mol. The highest BCUT2D eigenvalue weighted by atomic mass is 19.4. The van der Waals surface area contributed by atoms with Crippen molar-refractivity contribution in [3.63, 3.8) is 0 Å². The van der Waals surface area contributed by atoms with Gasteiger partial charge in [-0.2, -0.15) is 18.2 Å². The molecule has 12 heteroatoms. The normalized spacial score (nSPS) is 22.0. The summed E-state index contributed by atoms with van der Waals surface area (Å²) in [4.78, 5) is 26.9. The van der Waals surface area contributed by atoms with Gasteiger partial charge in [0.05, 0.1) is 19.6 Å². The first kappa shape index (κ1) is 28.4. The fourth-order valence-electron chi connectivity index (χ4n) is 5.85. The van der Waals surface area contributed by atoms with Crippen LogP contribution in [0.1, 0.15) is 43.7 Å². The lowest BCUT2D eigenvalue weighted by molar-refractivity contribution is -0.137. The van der Waals surface area contributed by atoms with Crippen LogP contribution in [0, 0.1) is 0 Å². The number of likely N-dealkylation sites (N-methyl/N-ethyl adjacent to an activating group) is 1. The third-order valence-electron chi connectivity index (χ3n) is 8.24. The number of hydrogen-bond acceptors (Lipinski definition) is 8. The zero-order valence-corrected chi connectivity index (χ0v) is 23.1. The van der Waals surface area contributed by atoms with Crippen molar-refractivity contribution < 1.29 is 22.7 Å². The second-order valence-corrected chi connectivity index (χ2v) is 10.8. The Labute approximate surface area is 233 Å². The summed E-state index contributed by atoms with van der Waals surface area (Å²) >= 11 is 0. The van der Waals surface area contributed by atoms with E-state index in [1.807, 2.05) is 6.07 Å². The number of hydrogen-bond donors (Lipinski definition) is 2. The maximum absolute atomic E-state index is 13.7. The molecule has 1 amide bonds. The smallest absolute Gasteiger partial charge is 0.379 e. The van der Waals surface area contributed by atoms with Crippen LogP contribution >= 0.6 is 0 Å². The molecule has 4 heterocycles. The SMILES string of the molecule is CCc1cc(N2C[C@H]3CC[C@@H](C2)N3C)ccc1Nc1ncc(C(F)(F)F)c(NCCCN2CCOCCC2=O)n1. The Kier molecular flexibility index (Phi) is 8.65. The summed E-state index contributed by atoms with van der Waals surface area (Å²) in [5.41, 5.74) is 2.06. The highest BCUT2D eigenvalue weighted by Crippen LogP contribution is 2.35. The lowest BCUT2D eigenvalue weighted by atomic mass is 10.1. The van der Waals surface area contributed by atoms with Crippen molar-refractivity contribution in [3.8, 4) is 0 Å². The summed E-state index contributed by atoms with van der Waals surface area (Å²) in [5, 5.41) is 5.96. The van der Waals surface area contributed by atoms with Gasteiger partial charge >= 0.3 is 6.18 Å². The molecule has 1 aromatic carbocycles. The Hall–Kier alpha value is -3.12. The van der Waals surface area contributed by atoms with Crippen molar-refractivity contribution in [1.29, 1.82) is 0 Å². The number of piperazine rings is 1. The monoisotopic (exact) mass is 561 g/mol. The van der Waals surface area contributed by atoms with Gasteiger partial charge in [0.2, 0.25) is 11.9 Å². The minimum Gasteiger partial charge on any atom is -0.379 e. The van der Waals surface area contributed by atoms with Gasteiger partial charge in [-0.15, -0.1) is 0 Å². The van der Waals surface area contributed by atoms with E-state index in [4.69, 9.17) is 4.74 Å². The Bertz CT molecular complexity index is 1180. The lowest BCUT2D eigenvalue weighted by Gasteiger charge is -2.40. The molecule has 0 radical (unpaired) electrons. The number of benzene rings is 1. The number of ether oxygens (including phenoxy) is 1. The van der Waals surface area contributed by atoms with Crippen LogP contribution in [0.25, 0.3) is 0 Å². The number of rotatable bonds is 9. The van der Waals surface area contributed by atoms with Crippen molar-refractivity contribution in [2.75, 3.05) is 68.5 Å². The number of aromatic nitrogens is 2. The molecule has 2 aromatic rings. The predicted octanol–water partition coefficient (Wildman–Crippen LogP) is 4.14. The molecule has 2 N–H and O–H groups in total. The van der Waals surface area contributed by atoms with Gasteiger partial charge in [-0.1, -0.05) is 6.92 Å². The summed E-state index contributed by atoms with van der Waals surface area (Å²) < 4.78 is 46.5. The average Bonchev–Trinajstić information content (AvgIpc) is 3.09. The number of carbonyl (C=O) groups is 1. The number of anilines is 4. The van der Waals surface area contributed by atoms with E-state index in [1.165, 1.54) is 12.8 Å².